The first-order valence-corrected chi connectivity index (χ1v) is 5.73. The van der Waals surface area contributed by atoms with E-state index in [-0.39, 0.29) is 0 Å². The molecule has 1 aromatic carbocycles. The molecule has 1 aromatic rings. The first kappa shape index (κ1) is 13.7. The average Bonchev–Trinajstić information content (AvgIpc) is 2.29. The Hall–Kier alpha value is -1.32. The van der Waals surface area contributed by atoms with Gasteiger partial charge < -0.3 is 5.11 Å². The number of aromatic carboxylic acids is 1. The number of halogens is 1. The number of hydrogen-bond acceptors (Lipinski definition) is 2. The maximum Gasteiger partial charge on any atom is 0.335 e. The van der Waals surface area contributed by atoms with Crippen LogP contribution in [0.4, 0.5) is 0 Å². The van der Waals surface area contributed by atoms with Gasteiger partial charge in [-0.25, -0.2) is 4.79 Å². The quantitative estimate of drug-likeness (QED) is 0.877. The monoisotopic (exact) mass is 253 g/mol. The second kappa shape index (κ2) is 6.42. The van der Waals surface area contributed by atoms with E-state index in [9.17, 15) is 4.79 Å². The molecule has 0 fully saturated rings. The van der Waals surface area contributed by atoms with E-state index in [1.165, 1.54) is 0 Å². The third kappa shape index (κ3) is 4.59. The molecule has 17 heavy (non-hydrogen) atoms. The lowest BCUT2D eigenvalue weighted by atomic mass is 10.1. The van der Waals surface area contributed by atoms with Crippen molar-refractivity contribution in [1.29, 1.82) is 0 Å². The Balaban J connectivity index is 2.60. The molecule has 1 N–H and O–H groups in total. The van der Waals surface area contributed by atoms with Crippen LogP contribution in [0.3, 0.4) is 0 Å². The first-order chi connectivity index (χ1) is 8.02. The number of benzene rings is 1. The van der Waals surface area contributed by atoms with Gasteiger partial charge >= 0.3 is 5.97 Å². The molecule has 3 nitrogen and oxygen atoms in total. The fraction of sp³-hybridized carbons (Fsp3) is 0.308. The summed E-state index contributed by atoms with van der Waals surface area (Å²) in [4.78, 5) is 12.8. The van der Waals surface area contributed by atoms with Crippen molar-refractivity contribution in [3.8, 4) is 0 Å². The van der Waals surface area contributed by atoms with Crippen molar-refractivity contribution in [1.82, 2.24) is 4.90 Å². The summed E-state index contributed by atoms with van der Waals surface area (Å²) in [6, 6.07) is 6.91. The molecule has 0 bridgehead atoms. The number of carboxylic acids is 1. The Bertz CT molecular complexity index is 412. The van der Waals surface area contributed by atoms with E-state index < -0.39 is 5.97 Å². The van der Waals surface area contributed by atoms with E-state index in [2.05, 4.69) is 4.90 Å². The van der Waals surface area contributed by atoms with Crippen LogP contribution in [0, 0.1) is 0 Å². The third-order valence-electron chi connectivity index (χ3n) is 2.36. The summed E-state index contributed by atoms with van der Waals surface area (Å²) in [7, 11) is 2.00. The number of carboxylic acid groups (broad SMARTS) is 1. The van der Waals surface area contributed by atoms with E-state index in [4.69, 9.17) is 16.7 Å². The van der Waals surface area contributed by atoms with Gasteiger partial charge in [0.15, 0.2) is 0 Å². The van der Waals surface area contributed by atoms with Gasteiger partial charge in [0.1, 0.15) is 0 Å². The zero-order chi connectivity index (χ0) is 12.8. The molecule has 0 saturated heterocycles. The van der Waals surface area contributed by atoms with E-state index in [0.29, 0.717) is 5.56 Å². The van der Waals surface area contributed by atoms with Crippen LogP contribution < -0.4 is 0 Å². The predicted octanol–water partition coefficient (Wildman–Crippen LogP) is 2.96. The van der Waals surface area contributed by atoms with Crippen LogP contribution in [0.2, 0.25) is 0 Å². The fourth-order valence-electron chi connectivity index (χ4n) is 1.58. The molecule has 0 saturated carbocycles. The first-order valence-electron chi connectivity index (χ1n) is 5.29. The molecule has 4 heteroatoms. The molecule has 0 atom stereocenters. The smallest absolute Gasteiger partial charge is 0.335 e. The van der Waals surface area contributed by atoms with Crippen LogP contribution in [0.15, 0.2) is 35.4 Å². The summed E-state index contributed by atoms with van der Waals surface area (Å²) in [5, 5.41) is 8.78. The van der Waals surface area contributed by atoms with Crippen LogP contribution >= 0.6 is 11.6 Å². The predicted molar refractivity (Wildman–Crippen MR) is 69.3 cm³/mol. The lowest BCUT2D eigenvalue weighted by Gasteiger charge is -2.16. The zero-order valence-corrected chi connectivity index (χ0v) is 10.7. The Morgan fingerprint density at radius 3 is 2.47 bits per heavy atom. The average molecular weight is 254 g/mol. The fourth-order valence-corrected chi connectivity index (χ4v) is 1.65. The minimum atomic E-state index is -0.897. The van der Waals surface area contributed by atoms with Gasteiger partial charge in [0, 0.05) is 18.6 Å². The highest BCUT2D eigenvalue weighted by molar-refractivity contribution is 6.25. The summed E-state index contributed by atoms with van der Waals surface area (Å²) in [6.45, 7) is 3.53. The molecule has 0 amide bonds. The number of nitrogens with zero attached hydrogens (tertiary/aromatic N) is 1. The van der Waals surface area contributed by atoms with Crippen molar-refractivity contribution in [2.75, 3.05) is 13.6 Å². The Morgan fingerprint density at radius 2 is 2.00 bits per heavy atom. The van der Waals surface area contributed by atoms with Gasteiger partial charge in [0.25, 0.3) is 0 Å². The molecular weight excluding hydrogens is 238 g/mol. The van der Waals surface area contributed by atoms with Crippen molar-refractivity contribution < 1.29 is 9.90 Å². The normalized spacial score (nSPS) is 11.9. The summed E-state index contributed by atoms with van der Waals surface area (Å²) in [5.74, 6) is -0.897. The Kier molecular flexibility index (Phi) is 5.19. The van der Waals surface area contributed by atoms with Crippen LogP contribution in [-0.2, 0) is 6.54 Å². The summed E-state index contributed by atoms with van der Waals surface area (Å²) < 4.78 is 0. The SMILES string of the molecule is C/C(=C\Cl)CN(C)Cc1ccc(C(=O)O)cc1. The molecule has 92 valence electrons. The van der Waals surface area contributed by atoms with E-state index in [1.54, 1.807) is 17.7 Å². The Morgan fingerprint density at radius 1 is 1.41 bits per heavy atom. The lowest BCUT2D eigenvalue weighted by molar-refractivity contribution is 0.0697. The summed E-state index contributed by atoms with van der Waals surface area (Å²) in [5.41, 5.74) is 4.06. The van der Waals surface area contributed by atoms with Gasteiger partial charge in [-0.15, -0.1) is 0 Å². The standard InChI is InChI=1S/C13H16ClNO2/c1-10(7-14)8-15(2)9-11-3-5-12(6-4-11)13(16)17/h3-7H,8-9H2,1-2H3,(H,16,17)/b10-7+. The highest BCUT2D eigenvalue weighted by Crippen LogP contribution is 2.08. The van der Waals surface area contributed by atoms with Gasteiger partial charge in [0.2, 0.25) is 0 Å². The second-order valence-electron chi connectivity index (χ2n) is 4.13. The molecule has 0 aromatic heterocycles. The molecule has 0 radical (unpaired) electrons. The maximum absolute atomic E-state index is 10.7. The number of likely N-dealkylation sites (N-methyl/N-ethyl adjacent to an activating group) is 1. The number of carbonyl (C=O) groups is 1. The topological polar surface area (TPSA) is 40.5 Å². The van der Waals surface area contributed by atoms with Gasteiger partial charge in [-0.1, -0.05) is 23.7 Å². The van der Waals surface area contributed by atoms with Crippen LogP contribution in [-0.4, -0.2) is 29.6 Å². The summed E-state index contributed by atoms with van der Waals surface area (Å²) in [6.07, 6.45) is 0. The minimum Gasteiger partial charge on any atom is -0.478 e. The van der Waals surface area contributed by atoms with Gasteiger partial charge in [-0.05, 0) is 37.2 Å². The zero-order valence-electron chi connectivity index (χ0n) is 9.98. The van der Waals surface area contributed by atoms with Crippen LogP contribution in [0.1, 0.15) is 22.8 Å². The molecule has 0 heterocycles. The molecule has 1 rings (SSSR count). The molecule has 0 aliphatic carbocycles. The molecule has 0 unspecified atom stereocenters. The van der Waals surface area contributed by atoms with Gasteiger partial charge in [-0.2, -0.15) is 0 Å². The Labute approximate surface area is 106 Å². The highest BCUT2D eigenvalue weighted by atomic mass is 35.5. The largest absolute Gasteiger partial charge is 0.478 e. The summed E-state index contributed by atoms with van der Waals surface area (Å²) >= 11 is 5.60. The van der Waals surface area contributed by atoms with Crippen molar-refractivity contribution in [2.24, 2.45) is 0 Å². The third-order valence-corrected chi connectivity index (χ3v) is 2.73. The van der Waals surface area contributed by atoms with Crippen LogP contribution in [0.5, 0.6) is 0 Å². The van der Waals surface area contributed by atoms with E-state index >= 15 is 0 Å². The number of rotatable bonds is 5. The molecule has 0 aliphatic heterocycles. The minimum absolute atomic E-state index is 0.313. The van der Waals surface area contributed by atoms with Crippen LogP contribution in [0.25, 0.3) is 0 Å². The maximum atomic E-state index is 10.7. The van der Waals surface area contributed by atoms with E-state index in [1.807, 2.05) is 26.1 Å². The van der Waals surface area contributed by atoms with Crippen molar-refractivity contribution in [2.45, 2.75) is 13.5 Å². The van der Waals surface area contributed by atoms with Crippen molar-refractivity contribution in [3.05, 3.63) is 46.5 Å². The number of hydrogen-bond donors (Lipinski definition) is 1. The second-order valence-corrected chi connectivity index (χ2v) is 4.35. The molecule has 0 aliphatic rings. The lowest BCUT2D eigenvalue weighted by Crippen LogP contribution is -2.19. The molecule has 0 spiro atoms. The van der Waals surface area contributed by atoms with E-state index in [0.717, 1.165) is 24.2 Å². The van der Waals surface area contributed by atoms with Gasteiger partial charge in [-0.3, -0.25) is 4.90 Å². The molecular formula is C13H16ClNO2. The van der Waals surface area contributed by atoms with Crippen molar-refractivity contribution in [3.63, 3.8) is 0 Å². The van der Waals surface area contributed by atoms with Gasteiger partial charge in [0.05, 0.1) is 5.56 Å². The highest BCUT2D eigenvalue weighted by Gasteiger charge is 2.04. The van der Waals surface area contributed by atoms with Crippen molar-refractivity contribution >= 4 is 17.6 Å².